The zero-order valence-electron chi connectivity index (χ0n) is 12.4. The summed E-state index contributed by atoms with van der Waals surface area (Å²) in [6, 6.07) is 9.40. The third-order valence-corrected chi connectivity index (χ3v) is 3.46. The van der Waals surface area contributed by atoms with Crippen LogP contribution in [0.25, 0.3) is 0 Å². The standard InChI is InChI=1S/C16H19BrN2O2/c1-4-21-14-7-5-13(6-8-14)18-16(20)15-9-12(17)10-19(15)11(2)3/h5-11H,4H2,1-3H3,(H,18,20). The Bertz CT molecular complexity index is 618. The third kappa shape index (κ3) is 3.88. The lowest BCUT2D eigenvalue weighted by Gasteiger charge is -2.13. The average Bonchev–Trinajstić information content (AvgIpc) is 2.84. The van der Waals surface area contributed by atoms with Gasteiger partial charge in [0.15, 0.2) is 0 Å². The fourth-order valence-electron chi connectivity index (χ4n) is 2.05. The lowest BCUT2D eigenvalue weighted by molar-refractivity contribution is 0.101. The fourth-order valence-corrected chi connectivity index (χ4v) is 2.49. The quantitative estimate of drug-likeness (QED) is 0.863. The molecule has 0 unspecified atom stereocenters. The van der Waals surface area contributed by atoms with Crippen molar-refractivity contribution in [2.24, 2.45) is 0 Å². The Balaban J connectivity index is 2.14. The van der Waals surface area contributed by atoms with E-state index >= 15 is 0 Å². The van der Waals surface area contributed by atoms with Gasteiger partial charge in [0.25, 0.3) is 5.91 Å². The molecule has 1 N–H and O–H groups in total. The number of nitrogens with one attached hydrogen (secondary N) is 1. The molecule has 1 heterocycles. The van der Waals surface area contributed by atoms with Crippen molar-refractivity contribution in [1.82, 2.24) is 4.57 Å². The Labute approximate surface area is 133 Å². The summed E-state index contributed by atoms with van der Waals surface area (Å²) >= 11 is 3.41. The summed E-state index contributed by atoms with van der Waals surface area (Å²) in [7, 11) is 0. The molecular formula is C16H19BrN2O2. The molecule has 0 aliphatic heterocycles. The molecule has 2 rings (SSSR count). The van der Waals surface area contributed by atoms with Crippen LogP contribution in [0, 0.1) is 0 Å². The Hall–Kier alpha value is -1.75. The summed E-state index contributed by atoms with van der Waals surface area (Å²) in [6.07, 6.45) is 1.91. The maximum atomic E-state index is 12.4. The molecule has 0 aliphatic carbocycles. The van der Waals surface area contributed by atoms with Gasteiger partial charge in [0.2, 0.25) is 0 Å². The van der Waals surface area contributed by atoms with E-state index in [9.17, 15) is 4.79 Å². The molecule has 0 spiro atoms. The Kier molecular flexibility index (Phi) is 5.07. The number of anilines is 1. The molecule has 5 heteroatoms. The monoisotopic (exact) mass is 350 g/mol. The first-order valence-corrected chi connectivity index (χ1v) is 7.72. The molecule has 0 fully saturated rings. The highest BCUT2D eigenvalue weighted by molar-refractivity contribution is 9.10. The van der Waals surface area contributed by atoms with E-state index in [4.69, 9.17) is 4.74 Å². The lowest BCUT2D eigenvalue weighted by Crippen LogP contribution is -2.17. The van der Waals surface area contributed by atoms with Crippen molar-refractivity contribution in [1.29, 1.82) is 0 Å². The molecule has 112 valence electrons. The van der Waals surface area contributed by atoms with Crippen LogP contribution in [-0.2, 0) is 0 Å². The maximum Gasteiger partial charge on any atom is 0.272 e. The van der Waals surface area contributed by atoms with Crippen LogP contribution in [0.3, 0.4) is 0 Å². The summed E-state index contributed by atoms with van der Waals surface area (Å²) in [5.41, 5.74) is 1.38. The van der Waals surface area contributed by atoms with Crippen molar-refractivity contribution in [2.45, 2.75) is 26.8 Å². The summed E-state index contributed by atoms with van der Waals surface area (Å²) in [4.78, 5) is 12.4. The number of carbonyl (C=O) groups excluding carboxylic acids is 1. The van der Waals surface area contributed by atoms with Crippen LogP contribution in [0.2, 0.25) is 0 Å². The first-order chi connectivity index (χ1) is 10.0. The molecule has 0 saturated heterocycles. The van der Waals surface area contributed by atoms with E-state index in [1.165, 1.54) is 0 Å². The number of aromatic nitrogens is 1. The first-order valence-electron chi connectivity index (χ1n) is 6.93. The second kappa shape index (κ2) is 6.80. The van der Waals surface area contributed by atoms with Crippen LogP contribution in [0.4, 0.5) is 5.69 Å². The number of carbonyl (C=O) groups is 1. The summed E-state index contributed by atoms with van der Waals surface area (Å²) < 4.78 is 8.22. The van der Waals surface area contributed by atoms with E-state index in [0.29, 0.717) is 12.3 Å². The Morgan fingerprint density at radius 1 is 1.33 bits per heavy atom. The van der Waals surface area contributed by atoms with E-state index in [2.05, 4.69) is 21.2 Å². The molecule has 0 bridgehead atoms. The number of nitrogens with zero attached hydrogens (tertiary/aromatic N) is 1. The molecule has 0 aliphatic rings. The topological polar surface area (TPSA) is 43.3 Å². The second-order valence-electron chi connectivity index (χ2n) is 4.96. The fraction of sp³-hybridized carbons (Fsp3) is 0.312. The van der Waals surface area contributed by atoms with Crippen molar-refractivity contribution in [3.8, 4) is 5.75 Å². The van der Waals surface area contributed by atoms with E-state index in [-0.39, 0.29) is 11.9 Å². The Morgan fingerprint density at radius 2 is 2.00 bits per heavy atom. The van der Waals surface area contributed by atoms with Crippen molar-refractivity contribution in [3.63, 3.8) is 0 Å². The smallest absolute Gasteiger partial charge is 0.272 e. The molecule has 1 aromatic carbocycles. The minimum atomic E-state index is -0.126. The molecule has 0 radical (unpaired) electrons. The molecular weight excluding hydrogens is 332 g/mol. The molecule has 0 atom stereocenters. The number of hydrogen-bond acceptors (Lipinski definition) is 2. The SMILES string of the molecule is CCOc1ccc(NC(=O)c2cc(Br)cn2C(C)C)cc1. The van der Waals surface area contributed by atoms with Gasteiger partial charge in [-0.05, 0) is 67.0 Å². The van der Waals surface area contributed by atoms with Gasteiger partial charge < -0.3 is 14.6 Å². The van der Waals surface area contributed by atoms with Crippen molar-refractivity contribution < 1.29 is 9.53 Å². The van der Waals surface area contributed by atoms with Gasteiger partial charge in [0.1, 0.15) is 11.4 Å². The largest absolute Gasteiger partial charge is 0.494 e. The summed E-state index contributed by atoms with van der Waals surface area (Å²) in [6.45, 7) is 6.65. The van der Waals surface area contributed by atoms with E-state index in [1.54, 1.807) is 0 Å². The normalized spacial score (nSPS) is 10.7. The number of hydrogen-bond donors (Lipinski definition) is 1. The van der Waals surface area contributed by atoms with Crippen molar-refractivity contribution in [3.05, 3.63) is 46.7 Å². The van der Waals surface area contributed by atoms with E-state index < -0.39 is 0 Å². The van der Waals surface area contributed by atoms with Gasteiger partial charge in [0.05, 0.1) is 6.61 Å². The van der Waals surface area contributed by atoms with Crippen LogP contribution >= 0.6 is 15.9 Å². The highest BCUT2D eigenvalue weighted by Gasteiger charge is 2.15. The van der Waals surface area contributed by atoms with Gasteiger partial charge in [-0.1, -0.05) is 0 Å². The van der Waals surface area contributed by atoms with Gasteiger partial charge in [0, 0.05) is 22.4 Å². The average molecular weight is 351 g/mol. The highest BCUT2D eigenvalue weighted by atomic mass is 79.9. The first kappa shape index (κ1) is 15.6. The molecule has 21 heavy (non-hydrogen) atoms. The zero-order valence-corrected chi connectivity index (χ0v) is 14.0. The number of rotatable bonds is 5. The Morgan fingerprint density at radius 3 is 2.57 bits per heavy atom. The minimum Gasteiger partial charge on any atom is -0.494 e. The van der Waals surface area contributed by atoms with Crippen LogP contribution < -0.4 is 10.1 Å². The summed E-state index contributed by atoms with van der Waals surface area (Å²) in [5.74, 6) is 0.669. The third-order valence-electron chi connectivity index (χ3n) is 3.03. The molecule has 4 nitrogen and oxygen atoms in total. The maximum absolute atomic E-state index is 12.4. The zero-order chi connectivity index (χ0) is 15.4. The van der Waals surface area contributed by atoms with Crippen molar-refractivity contribution in [2.75, 3.05) is 11.9 Å². The van der Waals surface area contributed by atoms with Gasteiger partial charge in [-0.25, -0.2) is 0 Å². The van der Waals surface area contributed by atoms with Gasteiger partial charge in [-0.2, -0.15) is 0 Å². The number of halogens is 1. The molecule has 2 aromatic rings. The van der Waals surface area contributed by atoms with Crippen LogP contribution in [0.15, 0.2) is 41.0 Å². The second-order valence-corrected chi connectivity index (χ2v) is 5.87. The van der Waals surface area contributed by atoms with Crippen LogP contribution in [0.1, 0.15) is 37.3 Å². The number of amides is 1. The van der Waals surface area contributed by atoms with Gasteiger partial charge in [-0.3, -0.25) is 4.79 Å². The minimum absolute atomic E-state index is 0.126. The van der Waals surface area contributed by atoms with E-state index in [1.807, 2.05) is 61.9 Å². The molecule has 1 aromatic heterocycles. The van der Waals surface area contributed by atoms with Crippen molar-refractivity contribution >= 4 is 27.5 Å². The van der Waals surface area contributed by atoms with E-state index in [0.717, 1.165) is 15.9 Å². The number of ether oxygens (including phenoxy) is 1. The molecule has 0 saturated carbocycles. The van der Waals surface area contributed by atoms with Gasteiger partial charge >= 0.3 is 0 Å². The predicted octanol–water partition coefficient (Wildman–Crippen LogP) is 4.48. The molecule has 1 amide bonds. The van der Waals surface area contributed by atoms with Crippen LogP contribution in [-0.4, -0.2) is 17.1 Å². The number of benzene rings is 1. The predicted molar refractivity (Wildman–Crippen MR) is 88.1 cm³/mol. The summed E-state index contributed by atoms with van der Waals surface area (Å²) in [5, 5.41) is 2.90. The highest BCUT2D eigenvalue weighted by Crippen LogP contribution is 2.21. The lowest BCUT2D eigenvalue weighted by atomic mass is 10.3. The van der Waals surface area contributed by atoms with Gasteiger partial charge in [-0.15, -0.1) is 0 Å². The van der Waals surface area contributed by atoms with Crippen LogP contribution in [0.5, 0.6) is 5.75 Å².